The molecule has 16 heavy (non-hydrogen) atoms. The number of rotatable bonds is 1. The van der Waals surface area contributed by atoms with E-state index in [-0.39, 0.29) is 17.3 Å². The predicted octanol–water partition coefficient (Wildman–Crippen LogP) is 2.24. The van der Waals surface area contributed by atoms with Crippen LogP contribution < -0.4 is 5.73 Å². The first-order chi connectivity index (χ1) is 7.61. The predicted molar refractivity (Wildman–Crippen MR) is 62.9 cm³/mol. The Labute approximate surface area is 98.2 Å². The first kappa shape index (κ1) is 10.9. The van der Waals surface area contributed by atoms with E-state index < -0.39 is 0 Å². The molecule has 3 nitrogen and oxygen atoms in total. The van der Waals surface area contributed by atoms with Crippen molar-refractivity contribution in [2.24, 2.45) is 5.73 Å². The average Bonchev–Trinajstić information content (AvgIpc) is 2.64. The van der Waals surface area contributed by atoms with Crippen molar-refractivity contribution in [1.29, 1.82) is 5.26 Å². The van der Waals surface area contributed by atoms with E-state index >= 15 is 0 Å². The normalized spacial score (nSPS) is 21.0. The van der Waals surface area contributed by atoms with Crippen LogP contribution in [0.3, 0.4) is 0 Å². The van der Waals surface area contributed by atoms with Crippen LogP contribution in [0.4, 0.5) is 0 Å². The van der Waals surface area contributed by atoms with Crippen molar-refractivity contribution in [3.8, 4) is 6.07 Å². The molecule has 1 atom stereocenters. The number of ketones is 1. The summed E-state index contributed by atoms with van der Waals surface area (Å²) in [5.41, 5.74) is 6.35. The van der Waals surface area contributed by atoms with Crippen LogP contribution in [0.25, 0.3) is 0 Å². The molecule has 1 heterocycles. The summed E-state index contributed by atoms with van der Waals surface area (Å²) in [7, 11) is 0. The highest BCUT2D eigenvalue weighted by Gasteiger charge is 2.27. The molecule has 0 aromatic carbocycles. The van der Waals surface area contributed by atoms with E-state index in [0.717, 1.165) is 0 Å². The van der Waals surface area contributed by atoms with E-state index in [0.29, 0.717) is 18.5 Å². The fourth-order valence-electron chi connectivity index (χ4n) is 1.95. The van der Waals surface area contributed by atoms with Gasteiger partial charge >= 0.3 is 0 Å². The van der Waals surface area contributed by atoms with Gasteiger partial charge in [0.1, 0.15) is 11.6 Å². The third-order valence-electron chi connectivity index (χ3n) is 2.77. The van der Waals surface area contributed by atoms with E-state index in [2.05, 4.69) is 0 Å². The number of nitrogens with zero attached hydrogens (tertiary/aromatic N) is 1. The number of carbonyl (C=O) groups is 1. The number of thiophene rings is 1. The molecule has 4 heteroatoms. The molecule has 1 aliphatic rings. The van der Waals surface area contributed by atoms with Crippen LogP contribution in [0, 0.1) is 18.3 Å². The van der Waals surface area contributed by atoms with Gasteiger partial charge in [0, 0.05) is 27.8 Å². The Morgan fingerprint density at radius 3 is 2.75 bits per heavy atom. The summed E-state index contributed by atoms with van der Waals surface area (Å²) >= 11 is 1.69. The van der Waals surface area contributed by atoms with Crippen LogP contribution in [-0.4, -0.2) is 5.78 Å². The van der Waals surface area contributed by atoms with Crippen LogP contribution in [-0.2, 0) is 4.79 Å². The zero-order valence-corrected chi connectivity index (χ0v) is 9.80. The average molecular weight is 232 g/mol. The van der Waals surface area contributed by atoms with E-state index in [9.17, 15) is 4.79 Å². The molecule has 2 N–H and O–H groups in total. The smallest absolute Gasteiger partial charge is 0.175 e. The van der Waals surface area contributed by atoms with Crippen LogP contribution in [0.1, 0.15) is 28.5 Å². The fraction of sp³-hybridized carbons (Fsp3) is 0.333. The van der Waals surface area contributed by atoms with Crippen molar-refractivity contribution < 1.29 is 4.79 Å². The van der Waals surface area contributed by atoms with Gasteiger partial charge in [-0.1, -0.05) is 0 Å². The van der Waals surface area contributed by atoms with Gasteiger partial charge in [0.25, 0.3) is 0 Å². The van der Waals surface area contributed by atoms with E-state index in [4.69, 9.17) is 11.0 Å². The molecule has 0 amide bonds. The Kier molecular flexibility index (Phi) is 2.80. The van der Waals surface area contributed by atoms with Crippen molar-refractivity contribution in [3.05, 3.63) is 33.2 Å². The molecule has 0 aliphatic heterocycles. The second kappa shape index (κ2) is 4.11. The maximum atomic E-state index is 11.7. The minimum Gasteiger partial charge on any atom is -0.401 e. The molecule has 0 bridgehead atoms. The maximum Gasteiger partial charge on any atom is 0.175 e. The van der Waals surface area contributed by atoms with Gasteiger partial charge < -0.3 is 5.73 Å². The lowest BCUT2D eigenvalue weighted by atomic mass is 9.86. The highest BCUT2D eigenvalue weighted by molar-refractivity contribution is 7.12. The number of carbonyl (C=O) groups excluding carboxylic acids is 1. The largest absolute Gasteiger partial charge is 0.401 e. The Morgan fingerprint density at radius 2 is 2.25 bits per heavy atom. The molecule has 1 aromatic heterocycles. The summed E-state index contributed by atoms with van der Waals surface area (Å²) in [6.07, 6.45) is 1.03. The van der Waals surface area contributed by atoms with E-state index in [1.54, 1.807) is 11.3 Å². The lowest BCUT2D eigenvalue weighted by molar-refractivity contribution is -0.116. The van der Waals surface area contributed by atoms with Crippen molar-refractivity contribution in [2.45, 2.75) is 25.7 Å². The summed E-state index contributed by atoms with van der Waals surface area (Å²) in [5, 5.41) is 8.79. The lowest BCUT2D eigenvalue weighted by Crippen LogP contribution is -2.20. The molecule has 0 radical (unpaired) electrons. The Bertz CT molecular complexity index is 507. The number of nitrogens with two attached hydrogens (primary N) is 1. The van der Waals surface area contributed by atoms with Gasteiger partial charge in [0.15, 0.2) is 5.78 Å². The number of aryl methyl sites for hydroxylation is 1. The van der Waals surface area contributed by atoms with Crippen LogP contribution in [0.2, 0.25) is 0 Å². The van der Waals surface area contributed by atoms with E-state index in [1.807, 2.05) is 25.1 Å². The second-order valence-electron chi connectivity index (χ2n) is 3.99. The fourth-order valence-corrected chi connectivity index (χ4v) is 2.93. The van der Waals surface area contributed by atoms with Gasteiger partial charge in [-0.2, -0.15) is 5.26 Å². The highest BCUT2D eigenvalue weighted by Crippen LogP contribution is 2.35. The monoisotopic (exact) mass is 232 g/mol. The molecule has 0 saturated heterocycles. The molecular weight excluding hydrogens is 220 g/mol. The van der Waals surface area contributed by atoms with Crippen LogP contribution in [0.15, 0.2) is 23.4 Å². The maximum absolute atomic E-state index is 11.7. The van der Waals surface area contributed by atoms with Gasteiger partial charge in [-0.15, -0.1) is 11.3 Å². The quantitative estimate of drug-likeness (QED) is 0.807. The summed E-state index contributed by atoms with van der Waals surface area (Å²) in [5.74, 6) is 0.0330. The minimum atomic E-state index is -0.123. The minimum absolute atomic E-state index is 0.123. The van der Waals surface area contributed by atoms with Gasteiger partial charge in [0.05, 0.1) is 0 Å². The van der Waals surface area contributed by atoms with Crippen molar-refractivity contribution in [2.75, 3.05) is 0 Å². The molecule has 1 aromatic rings. The molecule has 2 rings (SSSR count). The zero-order valence-electron chi connectivity index (χ0n) is 8.99. The molecule has 0 spiro atoms. The zero-order chi connectivity index (χ0) is 11.7. The second-order valence-corrected chi connectivity index (χ2v) is 5.31. The van der Waals surface area contributed by atoms with Crippen LogP contribution in [0.5, 0.6) is 0 Å². The third-order valence-corrected chi connectivity index (χ3v) is 3.94. The first-order valence-corrected chi connectivity index (χ1v) is 5.91. The summed E-state index contributed by atoms with van der Waals surface area (Å²) < 4.78 is 0. The summed E-state index contributed by atoms with van der Waals surface area (Å²) in [6.45, 7) is 2.04. The SMILES string of the molecule is Cc1ccc(C2CC(=O)C(C#N)=C(N)C2)s1. The van der Waals surface area contributed by atoms with Gasteiger partial charge in [-0.3, -0.25) is 4.79 Å². The third kappa shape index (κ3) is 1.86. The van der Waals surface area contributed by atoms with Gasteiger partial charge in [-0.25, -0.2) is 0 Å². The topological polar surface area (TPSA) is 66.9 Å². The molecule has 82 valence electrons. The van der Waals surface area contributed by atoms with E-state index in [1.165, 1.54) is 9.75 Å². The number of Topliss-reactive ketones (excluding diaryl/α,β-unsaturated/α-hetero) is 1. The van der Waals surface area contributed by atoms with Crippen molar-refractivity contribution in [1.82, 2.24) is 0 Å². The first-order valence-electron chi connectivity index (χ1n) is 5.10. The Hall–Kier alpha value is -1.60. The molecule has 1 unspecified atom stereocenters. The molecule has 0 saturated carbocycles. The Morgan fingerprint density at radius 1 is 1.50 bits per heavy atom. The van der Waals surface area contributed by atoms with Crippen molar-refractivity contribution >= 4 is 17.1 Å². The molecule has 0 fully saturated rings. The summed E-state index contributed by atoms with van der Waals surface area (Å²) in [4.78, 5) is 14.1. The molecular formula is C12H12N2OS. The summed E-state index contributed by atoms with van der Waals surface area (Å²) in [6, 6.07) is 5.98. The van der Waals surface area contributed by atoms with Crippen LogP contribution >= 0.6 is 11.3 Å². The Balaban J connectivity index is 2.28. The number of nitriles is 1. The van der Waals surface area contributed by atoms with Gasteiger partial charge in [0.2, 0.25) is 0 Å². The number of hydrogen-bond acceptors (Lipinski definition) is 4. The standard InChI is InChI=1S/C12H12N2OS/c1-7-2-3-12(16-7)8-4-10(14)9(6-13)11(15)5-8/h2-3,8H,4-5,14H2,1H3. The van der Waals surface area contributed by atoms with Gasteiger partial charge in [-0.05, 0) is 25.5 Å². The number of hydrogen-bond donors (Lipinski definition) is 1. The molecule has 1 aliphatic carbocycles. The van der Waals surface area contributed by atoms with Crippen molar-refractivity contribution in [3.63, 3.8) is 0 Å². The lowest BCUT2D eigenvalue weighted by Gasteiger charge is -2.20. The number of allylic oxidation sites excluding steroid dienone is 2. The highest BCUT2D eigenvalue weighted by atomic mass is 32.1.